The number of aromatic nitrogens is 1. The van der Waals surface area contributed by atoms with Crippen LogP contribution in [0.3, 0.4) is 0 Å². The van der Waals surface area contributed by atoms with Gasteiger partial charge in [-0.25, -0.2) is 4.98 Å². The highest BCUT2D eigenvalue weighted by atomic mass is 32.1. The minimum Gasteiger partial charge on any atom is -0.466 e. The smallest absolute Gasteiger partial charge is 0.306 e. The van der Waals surface area contributed by atoms with Gasteiger partial charge in [0.1, 0.15) is 5.69 Å². The molecular formula is C14H19NO6S. The van der Waals surface area contributed by atoms with Gasteiger partial charge in [0, 0.05) is 6.42 Å². The van der Waals surface area contributed by atoms with Crippen molar-refractivity contribution in [2.45, 2.75) is 32.3 Å². The Morgan fingerprint density at radius 3 is 2.45 bits per heavy atom. The number of thiazole rings is 1. The first kappa shape index (κ1) is 15.8. The molecule has 0 aromatic carbocycles. The summed E-state index contributed by atoms with van der Waals surface area (Å²) >= 11 is 1.47. The molecule has 22 heavy (non-hydrogen) atoms. The van der Waals surface area contributed by atoms with Crippen LogP contribution in [0.25, 0.3) is 0 Å². The van der Waals surface area contributed by atoms with Crippen molar-refractivity contribution in [1.29, 1.82) is 0 Å². The van der Waals surface area contributed by atoms with E-state index in [1.807, 2.05) is 0 Å². The van der Waals surface area contributed by atoms with Crippen molar-refractivity contribution < 1.29 is 28.5 Å². The Hall–Kier alpha value is -1.06. The second-order valence-electron chi connectivity index (χ2n) is 4.81. The number of carbonyl (C=O) groups excluding carboxylic acids is 1. The SMILES string of the molecule is CCOC(=O)CCc1nc(C2OCCO2)c(C2OCCO2)s1. The molecule has 0 aliphatic carbocycles. The van der Waals surface area contributed by atoms with Crippen molar-refractivity contribution in [1.82, 2.24) is 4.98 Å². The predicted octanol–water partition coefficient (Wildman–Crippen LogP) is 1.73. The molecule has 0 atom stereocenters. The number of rotatable bonds is 6. The van der Waals surface area contributed by atoms with Crippen LogP contribution < -0.4 is 0 Å². The van der Waals surface area contributed by atoms with Crippen LogP contribution in [-0.4, -0.2) is 44.0 Å². The van der Waals surface area contributed by atoms with Gasteiger partial charge in [-0.15, -0.1) is 11.3 Å². The average molecular weight is 329 g/mol. The Morgan fingerprint density at radius 1 is 1.18 bits per heavy atom. The molecule has 2 saturated heterocycles. The third kappa shape index (κ3) is 3.64. The van der Waals surface area contributed by atoms with Crippen LogP contribution in [0.1, 0.15) is 41.5 Å². The lowest BCUT2D eigenvalue weighted by Crippen LogP contribution is -2.07. The van der Waals surface area contributed by atoms with Crippen molar-refractivity contribution in [2.75, 3.05) is 33.0 Å². The van der Waals surface area contributed by atoms with E-state index in [-0.39, 0.29) is 5.97 Å². The highest BCUT2D eigenvalue weighted by Gasteiger charge is 2.32. The van der Waals surface area contributed by atoms with E-state index < -0.39 is 12.6 Å². The standard InChI is InChI=1S/C14H19NO6S/c1-2-17-10(16)4-3-9-15-11(13-18-5-6-19-13)12(22-9)14-20-7-8-21-14/h13-14H,2-8H2,1H3. The molecule has 3 rings (SSSR count). The quantitative estimate of drug-likeness (QED) is 0.736. The summed E-state index contributed by atoms with van der Waals surface area (Å²) in [6.45, 7) is 4.40. The Morgan fingerprint density at radius 2 is 1.82 bits per heavy atom. The summed E-state index contributed by atoms with van der Waals surface area (Å²) in [7, 11) is 0. The van der Waals surface area contributed by atoms with E-state index in [2.05, 4.69) is 4.98 Å². The fraction of sp³-hybridized carbons (Fsp3) is 0.714. The van der Waals surface area contributed by atoms with Gasteiger partial charge in [-0.3, -0.25) is 4.79 Å². The van der Waals surface area contributed by atoms with Crippen molar-refractivity contribution >= 4 is 17.3 Å². The van der Waals surface area contributed by atoms with Gasteiger partial charge in [0.15, 0.2) is 6.29 Å². The molecule has 2 aliphatic heterocycles. The average Bonchev–Trinajstić information content (AvgIpc) is 3.24. The molecule has 0 unspecified atom stereocenters. The lowest BCUT2D eigenvalue weighted by atomic mass is 10.3. The summed E-state index contributed by atoms with van der Waals surface area (Å²) in [6.07, 6.45) is -0.0680. The summed E-state index contributed by atoms with van der Waals surface area (Å²) in [5.74, 6) is -0.220. The number of carbonyl (C=O) groups is 1. The molecule has 2 fully saturated rings. The number of aryl methyl sites for hydroxylation is 1. The van der Waals surface area contributed by atoms with Crippen LogP contribution in [0.2, 0.25) is 0 Å². The van der Waals surface area contributed by atoms with Gasteiger partial charge in [-0.1, -0.05) is 0 Å². The van der Waals surface area contributed by atoms with E-state index in [0.29, 0.717) is 51.6 Å². The Kier molecular flexibility index (Phi) is 5.37. The topological polar surface area (TPSA) is 76.1 Å². The molecule has 7 nitrogen and oxygen atoms in total. The zero-order chi connectivity index (χ0) is 15.4. The van der Waals surface area contributed by atoms with E-state index in [4.69, 9.17) is 23.7 Å². The molecule has 122 valence electrons. The minimum atomic E-state index is -0.476. The molecule has 3 heterocycles. The van der Waals surface area contributed by atoms with Gasteiger partial charge in [-0.2, -0.15) is 0 Å². The zero-order valence-electron chi connectivity index (χ0n) is 12.4. The van der Waals surface area contributed by atoms with Gasteiger partial charge in [0.2, 0.25) is 6.29 Å². The van der Waals surface area contributed by atoms with Crippen molar-refractivity contribution in [3.63, 3.8) is 0 Å². The second-order valence-corrected chi connectivity index (χ2v) is 5.92. The maximum atomic E-state index is 11.5. The molecule has 0 N–H and O–H groups in total. The number of ether oxygens (including phenoxy) is 5. The summed E-state index contributed by atoms with van der Waals surface area (Å²) < 4.78 is 27.1. The van der Waals surface area contributed by atoms with E-state index in [9.17, 15) is 4.79 Å². The van der Waals surface area contributed by atoms with Gasteiger partial charge < -0.3 is 23.7 Å². The van der Waals surface area contributed by atoms with Gasteiger partial charge >= 0.3 is 5.97 Å². The first-order valence-corrected chi connectivity index (χ1v) is 8.21. The van der Waals surface area contributed by atoms with E-state index in [0.717, 1.165) is 9.88 Å². The molecule has 1 aromatic rings. The normalized spacial score (nSPS) is 19.9. The monoisotopic (exact) mass is 329 g/mol. The molecule has 0 spiro atoms. The van der Waals surface area contributed by atoms with Gasteiger partial charge in [-0.05, 0) is 6.92 Å². The molecule has 0 radical (unpaired) electrons. The van der Waals surface area contributed by atoms with Crippen molar-refractivity contribution in [3.05, 3.63) is 15.6 Å². The summed E-state index contributed by atoms with van der Waals surface area (Å²) in [5, 5.41) is 0.830. The minimum absolute atomic E-state index is 0.220. The predicted molar refractivity (Wildman–Crippen MR) is 76.4 cm³/mol. The van der Waals surface area contributed by atoms with E-state index in [1.165, 1.54) is 11.3 Å². The van der Waals surface area contributed by atoms with Crippen LogP contribution in [0.15, 0.2) is 0 Å². The van der Waals surface area contributed by atoms with Crippen molar-refractivity contribution in [2.24, 2.45) is 0 Å². The van der Waals surface area contributed by atoms with Gasteiger partial charge in [0.25, 0.3) is 0 Å². The third-order valence-corrected chi connectivity index (χ3v) is 4.41. The third-order valence-electron chi connectivity index (χ3n) is 3.25. The van der Waals surface area contributed by atoms with Crippen LogP contribution >= 0.6 is 11.3 Å². The van der Waals surface area contributed by atoms with Crippen LogP contribution in [0.5, 0.6) is 0 Å². The first-order valence-electron chi connectivity index (χ1n) is 7.39. The maximum absolute atomic E-state index is 11.5. The van der Waals surface area contributed by atoms with Crippen LogP contribution in [0.4, 0.5) is 0 Å². The largest absolute Gasteiger partial charge is 0.466 e. The molecular weight excluding hydrogens is 310 g/mol. The zero-order valence-corrected chi connectivity index (χ0v) is 13.2. The van der Waals surface area contributed by atoms with Crippen molar-refractivity contribution in [3.8, 4) is 0 Å². The highest BCUT2D eigenvalue weighted by Crippen LogP contribution is 2.37. The summed E-state index contributed by atoms with van der Waals surface area (Å²) in [5.41, 5.74) is 0.702. The van der Waals surface area contributed by atoms with Crippen LogP contribution in [-0.2, 0) is 34.9 Å². The fourth-order valence-corrected chi connectivity index (χ4v) is 3.39. The highest BCUT2D eigenvalue weighted by molar-refractivity contribution is 7.11. The van der Waals surface area contributed by atoms with E-state index in [1.54, 1.807) is 6.92 Å². The first-order chi connectivity index (χ1) is 10.8. The number of esters is 1. The second kappa shape index (κ2) is 7.47. The molecule has 0 amide bonds. The van der Waals surface area contributed by atoms with Crippen LogP contribution in [0, 0.1) is 0 Å². The molecule has 0 saturated carbocycles. The number of hydrogen-bond donors (Lipinski definition) is 0. The fourth-order valence-electron chi connectivity index (χ4n) is 2.30. The lowest BCUT2D eigenvalue weighted by Gasteiger charge is -2.12. The Labute approximate surface area is 132 Å². The lowest BCUT2D eigenvalue weighted by molar-refractivity contribution is -0.143. The Bertz CT molecular complexity index is 474. The van der Waals surface area contributed by atoms with Gasteiger partial charge in [0.05, 0.1) is 49.3 Å². The maximum Gasteiger partial charge on any atom is 0.306 e. The number of nitrogens with zero attached hydrogens (tertiary/aromatic N) is 1. The molecule has 8 heteroatoms. The summed E-state index contributed by atoms with van der Waals surface area (Å²) in [6, 6.07) is 0. The number of hydrogen-bond acceptors (Lipinski definition) is 8. The summed E-state index contributed by atoms with van der Waals surface area (Å²) in [4.78, 5) is 16.9. The molecule has 2 aliphatic rings. The molecule has 0 bridgehead atoms. The molecule has 1 aromatic heterocycles. The van der Waals surface area contributed by atoms with E-state index >= 15 is 0 Å². The Balaban J connectivity index is 1.73.